The summed E-state index contributed by atoms with van der Waals surface area (Å²) < 4.78 is 73.9. The van der Waals surface area contributed by atoms with E-state index in [9.17, 15) is 26.4 Å². The van der Waals surface area contributed by atoms with Gasteiger partial charge < -0.3 is 14.2 Å². The summed E-state index contributed by atoms with van der Waals surface area (Å²) in [7, 11) is -2.94. The van der Waals surface area contributed by atoms with Gasteiger partial charge in [-0.1, -0.05) is 23.2 Å². The Bertz CT molecular complexity index is 1120. The van der Waals surface area contributed by atoms with Crippen LogP contribution in [0.25, 0.3) is 0 Å². The Hall–Kier alpha value is -2.17. The molecule has 0 heterocycles. The third kappa shape index (κ3) is 5.19. The molecule has 1 atom stereocenters. The SMILES string of the molecule is COc1ccc(S(=O)(=O)Oc2ccc(Cl)c(Cl)c2)c2c1C[C@@H](NC(=O)C(F)(F)F)CC2. The zero-order valence-electron chi connectivity index (χ0n) is 15.9. The van der Waals surface area contributed by atoms with Gasteiger partial charge in [0.25, 0.3) is 0 Å². The van der Waals surface area contributed by atoms with E-state index in [0.717, 1.165) is 0 Å². The zero-order valence-corrected chi connectivity index (χ0v) is 18.3. The van der Waals surface area contributed by atoms with Crippen LogP contribution >= 0.6 is 23.2 Å². The fraction of sp³-hybridized carbons (Fsp3) is 0.316. The molecule has 0 aliphatic heterocycles. The molecule has 0 aromatic heterocycles. The second kappa shape index (κ2) is 8.76. The highest BCUT2D eigenvalue weighted by Gasteiger charge is 2.40. The molecule has 0 unspecified atom stereocenters. The number of nitrogens with one attached hydrogen (secondary N) is 1. The first-order valence-electron chi connectivity index (χ1n) is 8.88. The minimum absolute atomic E-state index is 0.0313. The lowest BCUT2D eigenvalue weighted by Crippen LogP contribution is -2.45. The van der Waals surface area contributed by atoms with Crippen molar-refractivity contribution in [3.63, 3.8) is 0 Å². The molecule has 6 nitrogen and oxygen atoms in total. The quantitative estimate of drug-likeness (QED) is 0.622. The number of methoxy groups -OCH3 is 1. The maximum atomic E-state index is 12.9. The third-order valence-electron chi connectivity index (χ3n) is 4.72. The number of hydrogen-bond donors (Lipinski definition) is 1. The van der Waals surface area contributed by atoms with Gasteiger partial charge >= 0.3 is 22.2 Å². The molecular weight excluding hydrogens is 482 g/mol. The smallest absolute Gasteiger partial charge is 0.471 e. The van der Waals surface area contributed by atoms with Gasteiger partial charge in [-0.25, -0.2) is 0 Å². The topological polar surface area (TPSA) is 81.7 Å². The number of carbonyl (C=O) groups is 1. The molecule has 0 radical (unpaired) electrons. The normalized spacial score (nSPS) is 16.4. The van der Waals surface area contributed by atoms with Crippen LogP contribution in [0.2, 0.25) is 10.0 Å². The molecule has 12 heteroatoms. The molecule has 0 spiro atoms. The standard InChI is InChI=1S/C19H16Cl2F3NO5S/c1-29-16-6-7-17(31(27,28)30-11-3-5-14(20)15(21)9-11)12-4-2-10(8-13(12)16)25-18(26)19(22,23)24/h3,5-7,9-10H,2,4,8H2,1H3,(H,25,26)/t10-/m0/s1. The van der Waals surface area contributed by atoms with Crippen molar-refractivity contribution in [3.8, 4) is 11.5 Å². The van der Waals surface area contributed by atoms with Crippen LogP contribution in [0.4, 0.5) is 13.2 Å². The van der Waals surface area contributed by atoms with E-state index in [-0.39, 0.29) is 40.0 Å². The molecular formula is C19H16Cl2F3NO5S. The van der Waals surface area contributed by atoms with Gasteiger partial charge in [0.1, 0.15) is 16.4 Å². The van der Waals surface area contributed by atoms with Gasteiger partial charge in [0, 0.05) is 17.7 Å². The lowest BCUT2D eigenvalue weighted by Gasteiger charge is -2.28. The highest BCUT2D eigenvalue weighted by molar-refractivity contribution is 7.87. The van der Waals surface area contributed by atoms with Crippen molar-refractivity contribution in [2.75, 3.05) is 7.11 Å². The molecule has 0 fully saturated rings. The van der Waals surface area contributed by atoms with Gasteiger partial charge in [0.2, 0.25) is 0 Å². The van der Waals surface area contributed by atoms with Crippen molar-refractivity contribution in [3.05, 3.63) is 51.5 Å². The number of benzene rings is 2. The van der Waals surface area contributed by atoms with Gasteiger partial charge in [-0.2, -0.15) is 21.6 Å². The number of carbonyl (C=O) groups excluding carboxylic acids is 1. The molecule has 1 aliphatic rings. The average molecular weight is 498 g/mol. The second-order valence-corrected chi connectivity index (χ2v) is 9.08. The van der Waals surface area contributed by atoms with E-state index in [1.807, 2.05) is 5.32 Å². The van der Waals surface area contributed by atoms with E-state index < -0.39 is 28.2 Å². The molecule has 31 heavy (non-hydrogen) atoms. The third-order valence-corrected chi connectivity index (χ3v) is 6.79. The molecule has 2 aromatic carbocycles. The summed E-state index contributed by atoms with van der Waals surface area (Å²) in [6.45, 7) is 0. The van der Waals surface area contributed by atoms with Crippen LogP contribution in [0.3, 0.4) is 0 Å². The summed E-state index contributed by atoms with van der Waals surface area (Å²) in [5, 5.41) is 2.26. The molecule has 1 aliphatic carbocycles. The molecule has 168 valence electrons. The van der Waals surface area contributed by atoms with E-state index in [1.165, 1.54) is 37.4 Å². The summed E-state index contributed by atoms with van der Waals surface area (Å²) >= 11 is 11.7. The molecule has 2 aromatic rings. The monoisotopic (exact) mass is 497 g/mol. The van der Waals surface area contributed by atoms with Crippen molar-refractivity contribution in [1.82, 2.24) is 5.32 Å². The summed E-state index contributed by atoms with van der Waals surface area (Å²) in [6, 6.07) is 5.83. The highest BCUT2D eigenvalue weighted by Crippen LogP contribution is 2.36. The van der Waals surface area contributed by atoms with Crippen LogP contribution in [0.15, 0.2) is 35.2 Å². The van der Waals surface area contributed by atoms with E-state index in [4.69, 9.17) is 32.1 Å². The number of halogens is 5. The number of fused-ring (bicyclic) bond motifs is 1. The van der Waals surface area contributed by atoms with Gasteiger partial charge in [-0.3, -0.25) is 4.79 Å². The Morgan fingerprint density at radius 1 is 1.13 bits per heavy atom. The van der Waals surface area contributed by atoms with E-state index >= 15 is 0 Å². The van der Waals surface area contributed by atoms with Gasteiger partial charge in [0.05, 0.1) is 17.2 Å². The van der Waals surface area contributed by atoms with E-state index in [0.29, 0.717) is 16.9 Å². The first-order valence-corrected chi connectivity index (χ1v) is 11.0. The Labute approximate surface area is 186 Å². The van der Waals surface area contributed by atoms with Crippen LogP contribution in [0.5, 0.6) is 11.5 Å². The summed E-state index contributed by atoms with van der Waals surface area (Å²) in [6.07, 6.45) is -4.84. The Kier molecular flexibility index (Phi) is 6.64. The molecule has 0 saturated heterocycles. The number of alkyl halides is 3. The van der Waals surface area contributed by atoms with Crippen LogP contribution in [0.1, 0.15) is 17.5 Å². The summed E-state index contributed by atoms with van der Waals surface area (Å²) in [5.41, 5.74) is 0.747. The minimum atomic E-state index is -5.01. The number of rotatable bonds is 5. The number of hydrogen-bond acceptors (Lipinski definition) is 5. The molecule has 3 rings (SSSR count). The summed E-state index contributed by atoms with van der Waals surface area (Å²) in [5.74, 6) is -1.80. The Morgan fingerprint density at radius 2 is 1.84 bits per heavy atom. The van der Waals surface area contributed by atoms with Crippen LogP contribution in [0, 0.1) is 0 Å². The fourth-order valence-electron chi connectivity index (χ4n) is 3.33. The van der Waals surface area contributed by atoms with Crippen LogP contribution in [-0.2, 0) is 27.8 Å². The minimum Gasteiger partial charge on any atom is -0.496 e. The predicted octanol–water partition coefficient (Wildman–Crippen LogP) is 4.31. The maximum Gasteiger partial charge on any atom is 0.471 e. The van der Waals surface area contributed by atoms with Crippen molar-refractivity contribution in [1.29, 1.82) is 0 Å². The summed E-state index contributed by atoms with van der Waals surface area (Å²) in [4.78, 5) is 11.1. The van der Waals surface area contributed by atoms with E-state index in [2.05, 4.69) is 0 Å². The first kappa shape index (κ1) is 23.5. The number of amides is 1. The van der Waals surface area contributed by atoms with E-state index in [1.54, 1.807) is 0 Å². The first-order chi connectivity index (χ1) is 14.4. The van der Waals surface area contributed by atoms with Gasteiger partial charge in [-0.15, -0.1) is 0 Å². The average Bonchev–Trinajstić information content (AvgIpc) is 2.68. The largest absolute Gasteiger partial charge is 0.496 e. The Morgan fingerprint density at radius 3 is 2.45 bits per heavy atom. The maximum absolute atomic E-state index is 12.9. The second-order valence-electron chi connectivity index (χ2n) is 6.75. The van der Waals surface area contributed by atoms with Crippen molar-refractivity contribution in [2.45, 2.75) is 36.4 Å². The lowest BCUT2D eigenvalue weighted by atomic mass is 9.87. The van der Waals surface area contributed by atoms with Crippen molar-refractivity contribution < 1.29 is 35.3 Å². The molecule has 0 saturated carbocycles. The molecule has 0 bridgehead atoms. The predicted molar refractivity (Wildman–Crippen MR) is 107 cm³/mol. The van der Waals surface area contributed by atoms with Gasteiger partial charge in [-0.05, 0) is 49.1 Å². The highest BCUT2D eigenvalue weighted by atomic mass is 35.5. The van der Waals surface area contributed by atoms with Gasteiger partial charge in [0.15, 0.2) is 0 Å². The zero-order chi connectivity index (χ0) is 23.0. The number of ether oxygens (including phenoxy) is 1. The Balaban J connectivity index is 1.93. The van der Waals surface area contributed by atoms with Crippen LogP contribution in [-0.4, -0.2) is 33.7 Å². The van der Waals surface area contributed by atoms with Crippen molar-refractivity contribution in [2.24, 2.45) is 0 Å². The molecule has 1 amide bonds. The van der Waals surface area contributed by atoms with Crippen molar-refractivity contribution >= 4 is 39.2 Å². The lowest BCUT2D eigenvalue weighted by molar-refractivity contribution is -0.174. The molecule has 1 N–H and O–H groups in total. The van der Waals surface area contributed by atoms with Crippen LogP contribution < -0.4 is 14.2 Å². The fourth-order valence-corrected chi connectivity index (χ4v) is 4.83.